The molecule has 0 fully saturated rings. The number of ether oxygens (including phenoxy) is 1. The number of benzene rings is 1. The van der Waals surface area contributed by atoms with Crippen molar-refractivity contribution in [3.8, 4) is 5.75 Å². The van der Waals surface area contributed by atoms with Crippen molar-refractivity contribution < 1.29 is 9.53 Å². The van der Waals surface area contributed by atoms with Gasteiger partial charge >= 0.3 is 0 Å². The molecule has 0 aliphatic carbocycles. The zero-order valence-electron chi connectivity index (χ0n) is 12.8. The Morgan fingerprint density at radius 1 is 1.41 bits per heavy atom. The monoisotopic (exact) mass is 316 g/mol. The van der Waals surface area contributed by atoms with Gasteiger partial charge in [0.05, 0.1) is 12.6 Å². The van der Waals surface area contributed by atoms with Crippen LogP contribution in [0, 0.1) is 0 Å². The van der Waals surface area contributed by atoms with Crippen LogP contribution in [-0.2, 0) is 6.42 Å². The van der Waals surface area contributed by atoms with Crippen LogP contribution in [0.25, 0.3) is 0 Å². The van der Waals surface area contributed by atoms with E-state index >= 15 is 0 Å². The van der Waals surface area contributed by atoms with Crippen molar-refractivity contribution in [1.82, 2.24) is 10.2 Å². The van der Waals surface area contributed by atoms with Crippen LogP contribution in [0.1, 0.15) is 27.5 Å². The van der Waals surface area contributed by atoms with Gasteiger partial charge in [0.2, 0.25) is 0 Å². The van der Waals surface area contributed by atoms with Gasteiger partial charge in [0.1, 0.15) is 5.75 Å². The summed E-state index contributed by atoms with van der Waals surface area (Å²) in [4.78, 5) is 14.5. The number of rotatable bonds is 5. The molecule has 0 radical (unpaired) electrons. The van der Waals surface area contributed by atoms with Gasteiger partial charge in [-0.1, -0.05) is 0 Å². The Kier molecular flexibility index (Phi) is 4.45. The molecule has 2 heterocycles. The largest absolute Gasteiger partial charge is 0.493 e. The van der Waals surface area contributed by atoms with Gasteiger partial charge in [0, 0.05) is 18.5 Å². The van der Waals surface area contributed by atoms with Gasteiger partial charge < -0.3 is 15.0 Å². The summed E-state index contributed by atoms with van der Waals surface area (Å²) in [6, 6.07) is 7.95. The molecular formula is C17H20N2O2S. The van der Waals surface area contributed by atoms with E-state index in [9.17, 15) is 4.79 Å². The third-order valence-electron chi connectivity index (χ3n) is 3.96. The fourth-order valence-electron chi connectivity index (χ4n) is 2.68. The lowest BCUT2D eigenvalue weighted by Gasteiger charge is -2.24. The Hall–Kier alpha value is -1.85. The molecule has 22 heavy (non-hydrogen) atoms. The number of fused-ring (bicyclic) bond motifs is 1. The Balaban J connectivity index is 1.66. The van der Waals surface area contributed by atoms with Gasteiger partial charge in [-0.2, -0.15) is 11.3 Å². The third-order valence-corrected chi connectivity index (χ3v) is 4.66. The van der Waals surface area contributed by atoms with Crippen molar-refractivity contribution in [2.75, 3.05) is 27.2 Å². The van der Waals surface area contributed by atoms with Crippen LogP contribution >= 0.6 is 11.3 Å². The molecule has 0 spiro atoms. The van der Waals surface area contributed by atoms with Crippen LogP contribution in [0.15, 0.2) is 35.0 Å². The van der Waals surface area contributed by atoms with Crippen LogP contribution in [-0.4, -0.2) is 38.1 Å². The number of carbonyl (C=O) groups is 1. The van der Waals surface area contributed by atoms with Gasteiger partial charge in [-0.25, -0.2) is 0 Å². The van der Waals surface area contributed by atoms with Crippen molar-refractivity contribution >= 4 is 17.2 Å². The highest BCUT2D eigenvalue weighted by Crippen LogP contribution is 2.26. The van der Waals surface area contributed by atoms with Crippen molar-refractivity contribution in [2.45, 2.75) is 12.5 Å². The van der Waals surface area contributed by atoms with E-state index in [0.717, 1.165) is 17.7 Å². The van der Waals surface area contributed by atoms with E-state index in [4.69, 9.17) is 4.74 Å². The minimum absolute atomic E-state index is 0.0308. The van der Waals surface area contributed by atoms with E-state index in [1.165, 1.54) is 5.56 Å². The summed E-state index contributed by atoms with van der Waals surface area (Å²) in [6.07, 6.45) is 0.881. The first-order chi connectivity index (χ1) is 10.6. The van der Waals surface area contributed by atoms with Crippen LogP contribution in [0.2, 0.25) is 0 Å². The van der Waals surface area contributed by atoms with Crippen molar-refractivity contribution in [3.63, 3.8) is 0 Å². The highest BCUT2D eigenvalue weighted by Gasteiger charge is 2.18. The number of hydrogen-bond donors (Lipinski definition) is 1. The Labute approximate surface area is 134 Å². The number of thiophene rings is 1. The first-order valence-electron chi connectivity index (χ1n) is 7.37. The third kappa shape index (κ3) is 3.15. The molecule has 116 valence electrons. The smallest absolute Gasteiger partial charge is 0.251 e. The topological polar surface area (TPSA) is 41.6 Å². The van der Waals surface area contributed by atoms with Crippen LogP contribution in [0.4, 0.5) is 0 Å². The molecule has 1 aromatic heterocycles. The number of nitrogens with one attached hydrogen (secondary N) is 1. The molecule has 0 saturated carbocycles. The van der Waals surface area contributed by atoms with Gasteiger partial charge in [0.25, 0.3) is 5.91 Å². The van der Waals surface area contributed by atoms with E-state index in [1.54, 1.807) is 11.3 Å². The molecule has 5 heteroatoms. The van der Waals surface area contributed by atoms with E-state index in [-0.39, 0.29) is 11.9 Å². The average molecular weight is 316 g/mol. The second-order valence-electron chi connectivity index (χ2n) is 5.67. The lowest BCUT2D eigenvalue weighted by Crippen LogP contribution is -2.34. The van der Waals surface area contributed by atoms with Crippen LogP contribution in [0.5, 0.6) is 5.75 Å². The molecule has 1 aliphatic rings. The maximum absolute atomic E-state index is 12.4. The maximum atomic E-state index is 12.4. The van der Waals surface area contributed by atoms with E-state index in [2.05, 4.69) is 27.0 Å². The fraction of sp³-hybridized carbons (Fsp3) is 0.353. The van der Waals surface area contributed by atoms with E-state index in [1.807, 2.05) is 32.3 Å². The van der Waals surface area contributed by atoms with Gasteiger partial charge in [-0.3, -0.25) is 4.79 Å². The number of amides is 1. The summed E-state index contributed by atoms with van der Waals surface area (Å²) in [5.74, 6) is 0.873. The highest BCUT2D eigenvalue weighted by molar-refractivity contribution is 7.07. The lowest BCUT2D eigenvalue weighted by atomic mass is 10.1. The quantitative estimate of drug-likeness (QED) is 0.922. The molecular weight excluding hydrogens is 296 g/mol. The summed E-state index contributed by atoms with van der Waals surface area (Å²) >= 11 is 1.68. The maximum Gasteiger partial charge on any atom is 0.251 e. The number of carbonyl (C=O) groups excluding carboxylic acids is 1. The van der Waals surface area contributed by atoms with Crippen LogP contribution in [0.3, 0.4) is 0 Å². The highest BCUT2D eigenvalue weighted by atomic mass is 32.1. The molecule has 1 aromatic carbocycles. The molecule has 0 bridgehead atoms. The van der Waals surface area contributed by atoms with Gasteiger partial charge in [-0.05, 0) is 60.2 Å². The Bertz CT molecular complexity index is 653. The predicted molar refractivity (Wildman–Crippen MR) is 88.7 cm³/mol. The second-order valence-corrected chi connectivity index (χ2v) is 6.45. The Morgan fingerprint density at radius 2 is 2.27 bits per heavy atom. The lowest BCUT2D eigenvalue weighted by molar-refractivity contribution is 0.0942. The van der Waals surface area contributed by atoms with Crippen LogP contribution < -0.4 is 10.1 Å². The van der Waals surface area contributed by atoms with Crippen molar-refractivity contribution in [3.05, 3.63) is 51.7 Å². The average Bonchev–Trinajstić information content (AvgIpc) is 3.17. The predicted octanol–water partition coefficient (Wildman–Crippen LogP) is 2.72. The molecule has 1 amide bonds. The fourth-order valence-corrected chi connectivity index (χ4v) is 3.39. The molecule has 1 aliphatic heterocycles. The molecule has 2 aromatic rings. The summed E-state index contributed by atoms with van der Waals surface area (Å²) in [7, 11) is 4.06. The van der Waals surface area contributed by atoms with Crippen molar-refractivity contribution in [1.29, 1.82) is 0 Å². The van der Waals surface area contributed by atoms with Gasteiger partial charge in [0.15, 0.2) is 0 Å². The summed E-state index contributed by atoms with van der Waals surface area (Å²) < 4.78 is 5.47. The molecule has 0 saturated heterocycles. The summed E-state index contributed by atoms with van der Waals surface area (Å²) in [5, 5.41) is 7.24. The number of likely N-dealkylation sites (N-methyl/N-ethyl adjacent to an activating group) is 1. The first-order valence-corrected chi connectivity index (χ1v) is 8.32. The minimum Gasteiger partial charge on any atom is -0.493 e. The normalized spacial score (nSPS) is 14.5. The zero-order chi connectivity index (χ0) is 15.5. The second kappa shape index (κ2) is 6.50. The molecule has 1 N–H and O–H groups in total. The molecule has 3 rings (SSSR count). The Morgan fingerprint density at radius 3 is 3.00 bits per heavy atom. The molecule has 4 nitrogen and oxygen atoms in total. The van der Waals surface area contributed by atoms with Crippen molar-refractivity contribution in [2.24, 2.45) is 0 Å². The first kappa shape index (κ1) is 15.1. The minimum atomic E-state index is -0.0308. The summed E-state index contributed by atoms with van der Waals surface area (Å²) in [6.45, 7) is 1.30. The van der Waals surface area contributed by atoms with Gasteiger partial charge in [-0.15, -0.1) is 0 Å². The zero-order valence-corrected chi connectivity index (χ0v) is 13.7. The number of hydrogen-bond acceptors (Lipinski definition) is 4. The standard InChI is InChI=1S/C17H20N2O2S/c1-19(2)15(14-6-8-22-11-14)10-18-17(20)13-3-4-16-12(9-13)5-7-21-16/h3-4,6,8-9,11,15H,5,7,10H2,1-2H3,(H,18,20). The summed E-state index contributed by atoms with van der Waals surface area (Å²) in [5.41, 5.74) is 3.05. The molecule has 1 atom stereocenters. The number of nitrogens with zero attached hydrogens (tertiary/aromatic N) is 1. The SMILES string of the molecule is CN(C)C(CNC(=O)c1ccc2c(c1)CCO2)c1ccsc1. The van der Waals surface area contributed by atoms with E-state index < -0.39 is 0 Å². The van der Waals surface area contributed by atoms with E-state index in [0.29, 0.717) is 18.7 Å². The molecule has 1 unspecified atom stereocenters.